The van der Waals surface area contributed by atoms with Gasteiger partial charge < -0.3 is 30.1 Å². The van der Waals surface area contributed by atoms with Gasteiger partial charge in [0.05, 0.1) is 0 Å². The summed E-state index contributed by atoms with van der Waals surface area (Å²) >= 11 is 0. The van der Waals surface area contributed by atoms with Crippen LogP contribution in [0, 0.1) is 12.8 Å². The number of nitrogens with zero attached hydrogens (tertiary/aromatic N) is 1. The number of unbranched alkanes of at least 4 members (excludes halogenated alkanes) is 3. The molecule has 0 fully saturated rings. The lowest BCUT2D eigenvalue weighted by atomic mass is 9.96. The van der Waals surface area contributed by atoms with E-state index in [-0.39, 0.29) is 30.2 Å². The van der Waals surface area contributed by atoms with Crippen molar-refractivity contribution >= 4 is 23.9 Å². The van der Waals surface area contributed by atoms with Crippen molar-refractivity contribution in [2.24, 2.45) is 5.92 Å². The predicted octanol–water partition coefficient (Wildman–Crippen LogP) is 6.77. The van der Waals surface area contributed by atoms with Crippen molar-refractivity contribution in [2.75, 3.05) is 6.54 Å². The number of esters is 1. The lowest BCUT2D eigenvalue weighted by Gasteiger charge is -2.36. The molecule has 266 valence electrons. The van der Waals surface area contributed by atoms with E-state index < -0.39 is 53.2 Å². The SMILES string of the molecule is CCCCCCN(C(=O)C(NC(=O)OC(C)(C)C)C(C)C)C(C(=O)NC(Cc1ccccc1)C(=O)OC(C)(C)C)c1cccc(C)c1O. The van der Waals surface area contributed by atoms with Crippen LogP contribution in [0.3, 0.4) is 0 Å². The van der Waals surface area contributed by atoms with Gasteiger partial charge in [-0.3, -0.25) is 9.59 Å². The molecule has 10 nitrogen and oxygen atoms in total. The molecule has 3 unspecified atom stereocenters. The lowest BCUT2D eigenvalue weighted by molar-refractivity contribution is -0.159. The molecule has 0 bridgehead atoms. The summed E-state index contributed by atoms with van der Waals surface area (Å²) in [5.74, 6) is -2.30. The van der Waals surface area contributed by atoms with E-state index in [2.05, 4.69) is 17.6 Å². The number of phenols is 1. The van der Waals surface area contributed by atoms with Crippen LogP contribution in [0.1, 0.15) is 111 Å². The lowest BCUT2D eigenvalue weighted by Crippen LogP contribution is -2.56. The number of para-hydroxylation sites is 1. The molecule has 0 heterocycles. The summed E-state index contributed by atoms with van der Waals surface area (Å²) in [5, 5.41) is 16.9. The Bertz CT molecular complexity index is 1360. The number of carbonyl (C=O) groups is 4. The number of hydrogen-bond acceptors (Lipinski definition) is 7. The van der Waals surface area contributed by atoms with Crippen LogP contribution in [0.5, 0.6) is 5.75 Å². The number of amides is 3. The van der Waals surface area contributed by atoms with E-state index in [1.165, 1.54) is 4.90 Å². The van der Waals surface area contributed by atoms with Crippen molar-refractivity contribution in [2.45, 2.75) is 131 Å². The molecule has 0 aliphatic rings. The first-order valence-electron chi connectivity index (χ1n) is 17.0. The first-order valence-corrected chi connectivity index (χ1v) is 17.0. The van der Waals surface area contributed by atoms with Crippen LogP contribution < -0.4 is 10.6 Å². The largest absolute Gasteiger partial charge is 0.507 e. The molecule has 2 aromatic carbocycles. The highest BCUT2D eigenvalue weighted by Gasteiger charge is 2.40. The maximum atomic E-state index is 14.6. The molecule has 10 heteroatoms. The van der Waals surface area contributed by atoms with Crippen LogP contribution in [0.25, 0.3) is 0 Å². The number of ether oxygens (including phenoxy) is 2. The Hall–Kier alpha value is -4.08. The van der Waals surface area contributed by atoms with Crippen molar-refractivity contribution in [3.05, 3.63) is 65.2 Å². The Kier molecular flexibility index (Phi) is 14.9. The number of aryl methyl sites for hydroxylation is 1. The van der Waals surface area contributed by atoms with E-state index in [0.29, 0.717) is 12.0 Å². The molecule has 48 heavy (non-hydrogen) atoms. The van der Waals surface area contributed by atoms with Crippen molar-refractivity contribution in [3.63, 3.8) is 0 Å². The Morgan fingerprint density at radius 2 is 1.46 bits per heavy atom. The van der Waals surface area contributed by atoms with Gasteiger partial charge in [-0.25, -0.2) is 9.59 Å². The number of phenolic OH excluding ortho intramolecular Hbond substituents is 1. The van der Waals surface area contributed by atoms with Gasteiger partial charge in [0.2, 0.25) is 11.8 Å². The predicted molar refractivity (Wildman–Crippen MR) is 187 cm³/mol. The number of benzene rings is 2. The van der Waals surface area contributed by atoms with E-state index in [1.807, 2.05) is 30.3 Å². The Labute approximate surface area is 287 Å². The van der Waals surface area contributed by atoms with Crippen LogP contribution in [-0.2, 0) is 30.3 Å². The third-order valence-electron chi connectivity index (χ3n) is 7.55. The summed E-state index contributed by atoms with van der Waals surface area (Å²) in [6, 6.07) is 10.8. The second-order valence-corrected chi connectivity index (χ2v) is 14.7. The molecule has 3 atom stereocenters. The molecular weight excluding hydrogens is 610 g/mol. The van der Waals surface area contributed by atoms with Crippen molar-refractivity contribution in [1.29, 1.82) is 0 Å². The molecule has 0 aliphatic carbocycles. The summed E-state index contributed by atoms with van der Waals surface area (Å²) in [5.41, 5.74) is -0.0794. The fourth-order valence-corrected chi connectivity index (χ4v) is 5.22. The van der Waals surface area contributed by atoms with Crippen LogP contribution in [-0.4, -0.2) is 63.7 Å². The summed E-state index contributed by atoms with van der Waals surface area (Å²) in [4.78, 5) is 57.0. The minimum absolute atomic E-state index is 0.137. The van der Waals surface area contributed by atoms with E-state index in [9.17, 15) is 24.3 Å². The third-order valence-corrected chi connectivity index (χ3v) is 7.55. The average molecular weight is 668 g/mol. The Morgan fingerprint density at radius 1 is 0.833 bits per heavy atom. The van der Waals surface area contributed by atoms with E-state index in [4.69, 9.17) is 9.47 Å². The zero-order valence-electron chi connectivity index (χ0n) is 30.5. The summed E-state index contributed by atoms with van der Waals surface area (Å²) in [6.45, 7) is 18.0. The van der Waals surface area contributed by atoms with Crippen molar-refractivity contribution < 1.29 is 33.8 Å². The van der Waals surface area contributed by atoms with Crippen LogP contribution in [0.15, 0.2) is 48.5 Å². The molecule has 0 saturated carbocycles. The van der Waals surface area contributed by atoms with Crippen LogP contribution in [0.4, 0.5) is 4.79 Å². The Balaban J connectivity index is 2.68. The molecular formula is C38H57N3O7. The fourth-order valence-electron chi connectivity index (χ4n) is 5.22. The van der Waals surface area contributed by atoms with Gasteiger partial charge in [0.1, 0.15) is 35.1 Å². The van der Waals surface area contributed by atoms with E-state index in [0.717, 1.165) is 24.8 Å². The minimum atomic E-state index is -1.33. The molecule has 2 aromatic rings. The number of nitrogens with one attached hydrogen (secondary N) is 2. The van der Waals surface area contributed by atoms with Crippen molar-refractivity contribution in [3.8, 4) is 5.75 Å². The fraction of sp³-hybridized carbons (Fsp3) is 0.579. The van der Waals surface area contributed by atoms with Gasteiger partial charge in [0, 0.05) is 18.5 Å². The quantitative estimate of drug-likeness (QED) is 0.141. The normalized spacial score (nSPS) is 13.6. The molecule has 0 aromatic heterocycles. The zero-order valence-corrected chi connectivity index (χ0v) is 30.5. The van der Waals surface area contributed by atoms with Crippen LogP contribution in [0.2, 0.25) is 0 Å². The summed E-state index contributed by atoms with van der Waals surface area (Å²) < 4.78 is 11.2. The van der Waals surface area contributed by atoms with Gasteiger partial charge in [-0.05, 0) is 71.9 Å². The second kappa shape index (κ2) is 17.9. The molecule has 2 rings (SSSR count). The highest BCUT2D eigenvalue weighted by molar-refractivity contribution is 5.94. The van der Waals surface area contributed by atoms with Gasteiger partial charge in [-0.15, -0.1) is 0 Å². The maximum Gasteiger partial charge on any atom is 0.408 e. The number of alkyl carbamates (subject to hydrolysis) is 1. The highest BCUT2D eigenvalue weighted by Crippen LogP contribution is 2.33. The van der Waals surface area contributed by atoms with Gasteiger partial charge >= 0.3 is 12.1 Å². The minimum Gasteiger partial charge on any atom is -0.507 e. The topological polar surface area (TPSA) is 134 Å². The Morgan fingerprint density at radius 3 is 2.02 bits per heavy atom. The first-order chi connectivity index (χ1) is 22.3. The molecule has 0 saturated heterocycles. The first kappa shape index (κ1) is 40.1. The molecule has 3 N–H and O–H groups in total. The number of hydrogen-bond donors (Lipinski definition) is 3. The highest BCUT2D eigenvalue weighted by atomic mass is 16.6. The molecule has 0 aliphatic heterocycles. The van der Waals surface area contributed by atoms with Gasteiger partial charge in [0.15, 0.2) is 0 Å². The molecule has 0 radical (unpaired) electrons. The zero-order chi connectivity index (χ0) is 36.2. The monoisotopic (exact) mass is 667 g/mol. The van der Waals surface area contributed by atoms with E-state index in [1.54, 1.807) is 80.5 Å². The molecule has 0 spiro atoms. The van der Waals surface area contributed by atoms with E-state index >= 15 is 0 Å². The number of carbonyl (C=O) groups excluding carboxylic acids is 4. The molecule has 3 amide bonds. The van der Waals surface area contributed by atoms with Gasteiger partial charge in [-0.2, -0.15) is 0 Å². The third kappa shape index (κ3) is 12.8. The van der Waals surface area contributed by atoms with Gasteiger partial charge in [0.25, 0.3) is 0 Å². The second-order valence-electron chi connectivity index (χ2n) is 14.7. The maximum absolute atomic E-state index is 14.6. The number of rotatable bonds is 15. The van der Waals surface area contributed by atoms with Gasteiger partial charge in [-0.1, -0.05) is 88.6 Å². The van der Waals surface area contributed by atoms with Crippen LogP contribution >= 0.6 is 0 Å². The summed E-state index contributed by atoms with van der Waals surface area (Å²) in [7, 11) is 0. The number of aromatic hydroxyl groups is 1. The summed E-state index contributed by atoms with van der Waals surface area (Å²) in [6.07, 6.45) is 2.65. The van der Waals surface area contributed by atoms with Crippen molar-refractivity contribution in [1.82, 2.24) is 15.5 Å². The smallest absolute Gasteiger partial charge is 0.408 e. The average Bonchev–Trinajstić information content (AvgIpc) is 2.97. The standard InChI is InChI=1S/C38H57N3O7/c1-11-12-13-17-23-41(34(44)30(25(2)3)40-36(46)48-38(8,9)10)31(28-22-18-19-26(4)32(28)42)33(43)39-29(35(45)47-37(5,6)7)24-27-20-15-14-16-21-27/h14-16,18-22,25,29-31,42H,11-13,17,23-24H2,1-10H3,(H,39,43)(H,40,46).